The Morgan fingerprint density at radius 2 is 0.917 bits per heavy atom. The van der Waals surface area contributed by atoms with E-state index in [0.29, 0.717) is 12.8 Å². The van der Waals surface area contributed by atoms with E-state index in [4.69, 9.17) is 18.9 Å². The van der Waals surface area contributed by atoms with E-state index < -0.39 is 55.4 Å². The molecule has 10 heteroatoms. The van der Waals surface area contributed by atoms with Crippen LogP contribution >= 0.6 is 0 Å². The summed E-state index contributed by atoms with van der Waals surface area (Å²) in [6, 6.07) is 0. The van der Waals surface area contributed by atoms with Crippen LogP contribution in [0.4, 0.5) is 0 Å². The van der Waals surface area contributed by atoms with Gasteiger partial charge in [-0.1, -0.05) is 166 Å². The first-order valence-electron chi connectivity index (χ1n) is 24.6. The van der Waals surface area contributed by atoms with Crippen molar-refractivity contribution in [2.75, 3.05) is 19.8 Å². The van der Waals surface area contributed by atoms with Gasteiger partial charge in [-0.15, -0.1) is 0 Å². The molecule has 0 aromatic heterocycles. The molecule has 1 rings (SSSR count). The zero-order valence-corrected chi connectivity index (χ0v) is 38.2. The van der Waals surface area contributed by atoms with Crippen LogP contribution in [0.25, 0.3) is 0 Å². The standard InChI is InChI=1S/C50H90O10/c1-3-5-7-9-11-13-15-17-18-19-20-21-22-23-24-25-26-27-29-31-33-35-37-39-46(53)59-43(42-58-50-49(56)48(55)47(54)44(40-51)60-50)41-57-45(52)38-36-34-32-30-28-16-14-12-10-8-6-4-2/h12,14,25-26,31,33,43-44,47-51,54-56H,3-11,13,15-24,27-30,32,34-42H2,1-2H3/b14-12+,26-25+,33-31+/t43-,44-,47+,48?,49?,50-/m1/s1. The molecule has 0 saturated carbocycles. The summed E-state index contributed by atoms with van der Waals surface area (Å²) < 4.78 is 22.1. The number of aliphatic hydroxyl groups is 4. The SMILES string of the molecule is CCCCC/C=C/CCCCCCCC(=O)OC[C@H](CO[C@@H]1O[C@H](CO)[C@H](O)C(O)C1O)OC(=O)CCC/C=C/CC/C=C/CCCCCCCCCCCCCCCC. The fraction of sp³-hybridized carbons (Fsp3) is 0.840. The lowest BCUT2D eigenvalue weighted by Crippen LogP contribution is -2.59. The van der Waals surface area contributed by atoms with Gasteiger partial charge in [0, 0.05) is 12.8 Å². The molecule has 0 radical (unpaired) electrons. The number of hydrogen-bond donors (Lipinski definition) is 4. The summed E-state index contributed by atoms with van der Waals surface area (Å²) >= 11 is 0. The molecule has 0 spiro atoms. The van der Waals surface area contributed by atoms with Crippen molar-refractivity contribution in [2.45, 2.75) is 250 Å². The van der Waals surface area contributed by atoms with Gasteiger partial charge < -0.3 is 39.4 Å². The third-order valence-corrected chi connectivity index (χ3v) is 11.2. The molecule has 6 atom stereocenters. The van der Waals surface area contributed by atoms with E-state index >= 15 is 0 Å². The number of carbonyl (C=O) groups excluding carboxylic acids is 2. The highest BCUT2D eigenvalue weighted by Gasteiger charge is 2.44. The fourth-order valence-electron chi connectivity index (χ4n) is 7.32. The second-order valence-electron chi connectivity index (χ2n) is 16.9. The molecule has 0 aromatic carbocycles. The molecule has 60 heavy (non-hydrogen) atoms. The third kappa shape index (κ3) is 31.7. The van der Waals surface area contributed by atoms with Crippen molar-refractivity contribution in [3.63, 3.8) is 0 Å². The average Bonchev–Trinajstić information content (AvgIpc) is 3.25. The Morgan fingerprint density at radius 1 is 0.500 bits per heavy atom. The Hall–Kier alpha value is -2.08. The monoisotopic (exact) mass is 851 g/mol. The van der Waals surface area contributed by atoms with E-state index in [9.17, 15) is 30.0 Å². The van der Waals surface area contributed by atoms with Crippen LogP contribution in [0.2, 0.25) is 0 Å². The van der Waals surface area contributed by atoms with Gasteiger partial charge in [0.2, 0.25) is 0 Å². The zero-order valence-electron chi connectivity index (χ0n) is 38.2. The first kappa shape index (κ1) is 55.9. The topological polar surface area (TPSA) is 152 Å². The molecular formula is C50H90O10. The minimum absolute atomic E-state index is 0.169. The van der Waals surface area contributed by atoms with Crippen LogP contribution in [0.15, 0.2) is 36.5 Å². The number of ether oxygens (including phenoxy) is 4. The molecule has 1 heterocycles. The molecule has 2 unspecified atom stereocenters. The van der Waals surface area contributed by atoms with Gasteiger partial charge in [0.25, 0.3) is 0 Å². The molecule has 0 aliphatic carbocycles. The molecule has 0 bridgehead atoms. The van der Waals surface area contributed by atoms with Crippen LogP contribution < -0.4 is 0 Å². The number of rotatable bonds is 41. The van der Waals surface area contributed by atoms with Crippen LogP contribution in [0.3, 0.4) is 0 Å². The summed E-state index contributed by atoms with van der Waals surface area (Å²) in [6.45, 7) is 3.37. The molecule has 0 amide bonds. The minimum atomic E-state index is -1.60. The highest BCUT2D eigenvalue weighted by atomic mass is 16.7. The quantitative estimate of drug-likeness (QED) is 0.0266. The van der Waals surface area contributed by atoms with Crippen LogP contribution in [0, 0.1) is 0 Å². The van der Waals surface area contributed by atoms with Crippen molar-refractivity contribution >= 4 is 11.9 Å². The van der Waals surface area contributed by atoms with Crippen molar-refractivity contribution in [3.8, 4) is 0 Å². The van der Waals surface area contributed by atoms with Gasteiger partial charge in [-0.3, -0.25) is 9.59 Å². The predicted octanol–water partition coefficient (Wildman–Crippen LogP) is 11.1. The Labute approximate surface area is 366 Å². The van der Waals surface area contributed by atoms with Gasteiger partial charge in [-0.2, -0.15) is 0 Å². The minimum Gasteiger partial charge on any atom is -0.462 e. The van der Waals surface area contributed by atoms with Gasteiger partial charge in [0.1, 0.15) is 31.0 Å². The number of esters is 2. The summed E-state index contributed by atoms with van der Waals surface area (Å²) in [5.74, 6) is -0.863. The smallest absolute Gasteiger partial charge is 0.306 e. The average molecular weight is 851 g/mol. The summed E-state index contributed by atoms with van der Waals surface area (Å²) in [5, 5.41) is 40.1. The number of allylic oxidation sites excluding steroid dienone is 6. The van der Waals surface area contributed by atoms with Crippen LogP contribution in [0.5, 0.6) is 0 Å². The third-order valence-electron chi connectivity index (χ3n) is 11.2. The molecule has 350 valence electrons. The molecule has 1 saturated heterocycles. The zero-order chi connectivity index (χ0) is 43.7. The van der Waals surface area contributed by atoms with Crippen LogP contribution in [-0.2, 0) is 28.5 Å². The Balaban J connectivity index is 2.28. The molecule has 0 aromatic rings. The van der Waals surface area contributed by atoms with E-state index in [1.165, 1.54) is 109 Å². The molecule has 10 nitrogen and oxygen atoms in total. The van der Waals surface area contributed by atoms with Gasteiger partial charge in [0.15, 0.2) is 12.4 Å². The van der Waals surface area contributed by atoms with Gasteiger partial charge in [0.05, 0.1) is 13.2 Å². The van der Waals surface area contributed by atoms with E-state index in [1.54, 1.807) is 0 Å². The second kappa shape index (κ2) is 41.0. The maximum Gasteiger partial charge on any atom is 0.306 e. The van der Waals surface area contributed by atoms with E-state index in [-0.39, 0.29) is 26.1 Å². The normalized spacial score (nSPS) is 20.1. The van der Waals surface area contributed by atoms with E-state index in [1.807, 2.05) is 0 Å². The molecule has 4 N–H and O–H groups in total. The highest BCUT2D eigenvalue weighted by Crippen LogP contribution is 2.23. The predicted molar refractivity (Wildman–Crippen MR) is 242 cm³/mol. The number of carbonyl (C=O) groups is 2. The Kier molecular flexibility index (Phi) is 38.2. The fourth-order valence-corrected chi connectivity index (χ4v) is 7.32. The van der Waals surface area contributed by atoms with Gasteiger partial charge >= 0.3 is 11.9 Å². The maximum atomic E-state index is 12.8. The number of unbranched alkanes of at least 4 members (excludes halogenated alkanes) is 24. The highest BCUT2D eigenvalue weighted by molar-refractivity contribution is 5.70. The van der Waals surface area contributed by atoms with Crippen molar-refractivity contribution in [2.24, 2.45) is 0 Å². The van der Waals surface area contributed by atoms with Gasteiger partial charge in [-0.25, -0.2) is 0 Å². The first-order chi connectivity index (χ1) is 29.3. The Bertz CT molecular complexity index is 1080. The van der Waals surface area contributed by atoms with E-state index in [0.717, 1.165) is 64.2 Å². The number of aliphatic hydroxyl groups excluding tert-OH is 4. The summed E-state index contributed by atoms with van der Waals surface area (Å²) in [5.41, 5.74) is 0. The summed E-state index contributed by atoms with van der Waals surface area (Å²) in [4.78, 5) is 25.3. The summed E-state index contributed by atoms with van der Waals surface area (Å²) in [7, 11) is 0. The molecular weight excluding hydrogens is 761 g/mol. The van der Waals surface area contributed by atoms with E-state index in [2.05, 4.69) is 50.3 Å². The lowest BCUT2D eigenvalue weighted by Gasteiger charge is -2.39. The summed E-state index contributed by atoms with van der Waals surface area (Å²) in [6.07, 6.45) is 40.3. The van der Waals surface area contributed by atoms with Crippen molar-refractivity contribution in [3.05, 3.63) is 36.5 Å². The van der Waals surface area contributed by atoms with Crippen LogP contribution in [0.1, 0.15) is 213 Å². The second-order valence-corrected chi connectivity index (χ2v) is 16.9. The molecule has 1 aliphatic rings. The lowest BCUT2D eigenvalue weighted by molar-refractivity contribution is -0.305. The first-order valence-corrected chi connectivity index (χ1v) is 24.6. The van der Waals surface area contributed by atoms with Crippen molar-refractivity contribution in [1.82, 2.24) is 0 Å². The molecule has 1 aliphatic heterocycles. The maximum absolute atomic E-state index is 12.8. The van der Waals surface area contributed by atoms with Crippen LogP contribution in [-0.4, -0.2) is 89.0 Å². The van der Waals surface area contributed by atoms with Crippen molar-refractivity contribution < 1.29 is 49.0 Å². The van der Waals surface area contributed by atoms with Crippen molar-refractivity contribution in [1.29, 1.82) is 0 Å². The van der Waals surface area contributed by atoms with Gasteiger partial charge in [-0.05, 0) is 70.6 Å². The lowest BCUT2D eigenvalue weighted by atomic mass is 9.99. The largest absolute Gasteiger partial charge is 0.462 e. The number of hydrogen-bond acceptors (Lipinski definition) is 10. The Morgan fingerprint density at radius 3 is 1.43 bits per heavy atom. The molecule has 1 fully saturated rings.